The van der Waals surface area contributed by atoms with Crippen LogP contribution in [0.2, 0.25) is 5.02 Å². The SMILES string of the molecule is C[C@@H]1CN2[C@@H](COc3nc(N(C)[C@H](C)c4cccnc4N)c4cc(Cl)c(-c5ccc(F)c6sc(N)c(C#N)c56)c(F)c4n3)CC[C@H]2CO1. The monoisotopic (exact) mass is 690 g/mol. The van der Waals surface area contributed by atoms with Crippen molar-refractivity contribution >= 4 is 60.6 Å². The van der Waals surface area contributed by atoms with Gasteiger partial charge in [-0.15, -0.1) is 11.3 Å². The number of ether oxygens (including phenoxy) is 2. The normalized spacial score (nSPS) is 20.1. The number of morpholine rings is 1. The van der Waals surface area contributed by atoms with Gasteiger partial charge in [-0.2, -0.15) is 15.2 Å². The van der Waals surface area contributed by atoms with Crippen molar-refractivity contribution in [2.45, 2.75) is 50.9 Å². The molecule has 0 spiro atoms. The topological polar surface area (TPSA) is 139 Å². The first-order chi connectivity index (χ1) is 23.1. The molecule has 2 aliphatic heterocycles. The van der Waals surface area contributed by atoms with E-state index in [4.69, 9.17) is 37.5 Å². The molecule has 4 N–H and O–H groups in total. The minimum absolute atomic E-state index is 0.00520. The summed E-state index contributed by atoms with van der Waals surface area (Å²) in [7, 11) is 1.82. The molecular weight excluding hydrogens is 658 g/mol. The van der Waals surface area contributed by atoms with Crippen molar-refractivity contribution in [1.82, 2.24) is 19.9 Å². The summed E-state index contributed by atoms with van der Waals surface area (Å²) in [5.74, 6) is -0.613. The van der Waals surface area contributed by atoms with E-state index in [1.165, 1.54) is 12.1 Å². The van der Waals surface area contributed by atoms with Crippen LogP contribution in [0.5, 0.6) is 6.01 Å². The van der Waals surface area contributed by atoms with Crippen molar-refractivity contribution in [3.8, 4) is 23.2 Å². The van der Waals surface area contributed by atoms with E-state index in [1.807, 2.05) is 31.0 Å². The molecule has 3 aromatic heterocycles. The molecule has 0 unspecified atom stereocenters. The van der Waals surface area contributed by atoms with Crippen molar-refractivity contribution in [3.63, 3.8) is 0 Å². The van der Waals surface area contributed by atoms with Gasteiger partial charge in [0.05, 0.1) is 34.0 Å². The third kappa shape index (κ3) is 5.42. The molecule has 2 saturated heterocycles. The second kappa shape index (κ2) is 12.6. The quantitative estimate of drug-likeness (QED) is 0.190. The van der Waals surface area contributed by atoms with Crippen LogP contribution in [-0.4, -0.2) is 64.8 Å². The summed E-state index contributed by atoms with van der Waals surface area (Å²) in [6.45, 7) is 5.79. The molecule has 2 aliphatic rings. The molecule has 14 heteroatoms. The number of hydrogen-bond donors (Lipinski definition) is 2. The highest BCUT2D eigenvalue weighted by molar-refractivity contribution is 7.23. The average Bonchev–Trinajstić information content (AvgIpc) is 3.64. The first-order valence-corrected chi connectivity index (χ1v) is 16.8. The molecule has 5 heterocycles. The number of nitrogens with zero attached hydrogens (tertiary/aromatic N) is 6. The minimum atomic E-state index is -0.766. The Morgan fingerprint density at radius 1 is 1.25 bits per heavy atom. The van der Waals surface area contributed by atoms with E-state index in [0.29, 0.717) is 36.3 Å². The number of nitrogen functional groups attached to an aromatic ring is 2. The molecule has 0 saturated carbocycles. The lowest BCUT2D eigenvalue weighted by Gasteiger charge is -2.37. The van der Waals surface area contributed by atoms with Crippen LogP contribution in [0.25, 0.3) is 32.1 Å². The highest BCUT2D eigenvalue weighted by Gasteiger charge is 2.38. The van der Waals surface area contributed by atoms with Crippen molar-refractivity contribution in [3.05, 3.63) is 64.3 Å². The maximum Gasteiger partial charge on any atom is 0.319 e. The first-order valence-electron chi connectivity index (χ1n) is 15.6. The molecule has 0 bridgehead atoms. The van der Waals surface area contributed by atoms with Gasteiger partial charge in [-0.25, -0.2) is 13.8 Å². The molecule has 0 aliphatic carbocycles. The molecule has 10 nitrogen and oxygen atoms in total. The largest absolute Gasteiger partial charge is 0.462 e. The van der Waals surface area contributed by atoms with Crippen LogP contribution in [0.3, 0.4) is 0 Å². The average molecular weight is 691 g/mol. The van der Waals surface area contributed by atoms with E-state index in [1.54, 1.807) is 18.3 Å². The number of nitriles is 1. The van der Waals surface area contributed by atoms with Crippen molar-refractivity contribution in [2.24, 2.45) is 0 Å². The van der Waals surface area contributed by atoms with E-state index in [2.05, 4.69) is 21.8 Å². The fourth-order valence-corrected chi connectivity index (χ4v) is 8.13. The zero-order valence-electron chi connectivity index (χ0n) is 26.5. The van der Waals surface area contributed by atoms with Crippen molar-refractivity contribution in [1.29, 1.82) is 5.26 Å². The number of aromatic nitrogens is 3. The van der Waals surface area contributed by atoms with Crippen LogP contribution in [0.4, 0.5) is 25.4 Å². The summed E-state index contributed by atoms with van der Waals surface area (Å²) in [4.78, 5) is 17.9. The minimum Gasteiger partial charge on any atom is -0.462 e. The Labute approximate surface area is 284 Å². The van der Waals surface area contributed by atoms with Crippen LogP contribution >= 0.6 is 22.9 Å². The molecular formula is C34H33ClF2N8O2S. The van der Waals surface area contributed by atoms with Crippen LogP contribution in [-0.2, 0) is 4.74 Å². The maximum atomic E-state index is 17.0. The van der Waals surface area contributed by atoms with E-state index in [0.717, 1.165) is 36.3 Å². The molecule has 0 amide bonds. The van der Waals surface area contributed by atoms with Crippen LogP contribution < -0.4 is 21.1 Å². The summed E-state index contributed by atoms with van der Waals surface area (Å²) < 4.78 is 44.2. The molecule has 0 radical (unpaired) electrons. The van der Waals surface area contributed by atoms with Gasteiger partial charge >= 0.3 is 6.01 Å². The fraction of sp³-hybridized carbons (Fsp3) is 0.353. The third-order valence-corrected chi connectivity index (χ3v) is 10.8. The van der Waals surface area contributed by atoms with Gasteiger partial charge in [0.1, 0.15) is 40.6 Å². The third-order valence-electron chi connectivity index (χ3n) is 9.49. The number of halogens is 3. The van der Waals surface area contributed by atoms with E-state index in [9.17, 15) is 9.65 Å². The number of pyridine rings is 1. The molecule has 2 aromatic carbocycles. The fourth-order valence-electron chi connectivity index (χ4n) is 6.89. The van der Waals surface area contributed by atoms with Gasteiger partial charge < -0.3 is 25.8 Å². The molecule has 48 heavy (non-hydrogen) atoms. The predicted octanol–water partition coefficient (Wildman–Crippen LogP) is 6.70. The second-order valence-corrected chi connectivity index (χ2v) is 13.8. The summed E-state index contributed by atoms with van der Waals surface area (Å²) >= 11 is 7.78. The number of rotatable bonds is 7. The molecule has 4 atom stereocenters. The smallest absolute Gasteiger partial charge is 0.319 e. The van der Waals surface area contributed by atoms with Crippen LogP contribution in [0, 0.1) is 23.0 Å². The predicted molar refractivity (Wildman–Crippen MR) is 184 cm³/mol. The van der Waals surface area contributed by atoms with Gasteiger partial charge in [0.25, 0.3) is 0 Å². The Bertz CT molecular complexity index is 2110. The number of hydrogen-bond acceptors (Lipinski definition) is 11. The Morgan fingerprint density at radius 2 is 2.06 bits per heavy atom. The number of thiophene rings is 1. The summed E-state index contributed by atoms with van der Waals surface area (Å²) in [6, 6.07) is 10.0. The Balaban J connectivity index is 1.37. The van der Waals surface area contributed by atoms with Gasteiger partial charge in [0.2, 0.25) is 0 Å². The summed E-state index contributed by atoms with van der Waals surface area (Å²) in [5, 5.41) is 10.6. The molecule has 248 valence electrons. The van der Waals surface area contributed by atoms with Crippen LogP contribution in [0.1, 0.15) is 43.9 Å². The lowest BCUT2D eigenvalue weighted by Crippen LogP contribution is -2.49. The van der Waals surface area contributed by atoms with E-state index >= 15 is 4.39 Å². The zero-order chi connectivity index (χ0) is 33.9. The van der Waals surface area contributed by atoms with Gasteiger partial charge in [0, 0.05) is 53.8 Å². The summed E-state index contributed by atoms with van der Waals surface area (Å²) in [6.07, 6.45) is 3.66. The van der Waals surface area contributed by atoms with E-state index in [-0.39, 0.29) is 66.5 Å². The first kappa shape index (κ1) is 32.2. The van der Waals surface area contributed by atoms with Crippen LogP contribution in [0.15, 0.2) is 36.5 Å². The standard InChI is InChI=1S/C34H33ClF2N8O2S/c1-16-13-45-18(14-46-16)6-7-19(45)15-47-34-42-29-22(33(43-34)44(3)17(2)20-5-4-10-41-31(20)39)11-24(35)27(28(29)37)21-8-9-25(36)30-26(21)23(12-38)32(40)48-30/h4-5,8-11,16-19H,6-7,13-15,40H2,1-3H3,(H2,39,41)/t16-,17-,18+,19-/m1/s1. The number of nitrogens with two attached hydrogens (primary N) is 2. The molecule has 2 fully saturated rings. The number of benzene rings is 2. The molecule has 5 aromatic rings. The summed E-state index contributed by atoms with van der Waals surface area (Å²) in [5.41, 5.74) is 13.3. The van der Waals surface area contributed by atoms with Crippen molar-refractivity contribution < 1.29 is 18.3 Å². The van der Waals surface area contributed by atoms with E-state index < -0.39 is 11.6 Å². The zero-order valence-corrected chi connectivity index (χ0v) is 28.1. The van der Waals surface area contributed by atoms with Gasteiger partial charge in [-0.3, -0.25) is 4.90 Å². The number of fused-ring (bicyclic) bond motifs is 3. The lowest BCUT2D eigenvalue weighted by atomic mass is 9.97. The Kier molecular flexibility index (Phi) is 8.45. The Morgan fingerprint density at radius 3 is 2.83 bits per heavy atom. The van der Waals surface area contributed by atoms with Gasteiger partial charge in [-0.1, -0.05) is 23.7 Å². The Hall–Kier alpha value is -4.35. The maximum absolute atomic E-state index is 17.0. The molecule has 7 rings (SSSR count). The van der Waals surface area contributed by atoms with Gasteiger partial charge in [0.15, 0.2) is 5.82 Å². The van der Waals surface area contributed by atoms with Gasteiger partial charge in [-0.05, 0) is 50.5 Å². The lowest BCUT2D eigenvalue weighted by molar-refractivity contribution is -0.0556. The number of anilines is 3. The van der Waals surface area contributed by atoms with Crippen molar-refractivity contribution in [2.75, 3.05) is 43.2 Å². The second-order valence-electron chi connectivity index (χ2n) is 12.3. The highest BCUT2D eigenvalue weighted by atomic mass is 35.5. The highest BCUT2D eigenvalue weighted by Crippen LogP contribution is 2.46.